The molecule has 1 rings (SSSR count). The molecular formula is C11H22ClNO2S. The van der Waals surface area contributed by atoms with Gasteiger partial charge in [0.1, 0.15) is 0 Å². The van der Waals surface area contributed by atoms with E-state index in [9.17, 15) is 8.42 Å². The van der Waals surface area contributed by atoms with E-state index in [-0.39, 0.29) is 11.3 Å². The first-order chi connectivity index (χ1) is 7.19. The lowest BCUT2D eigenvalue weighted by Crippen LogP contribution is -2.37. The van der Waals surface area contributed by atoms with E-state index in [1.165, 1.54) is 0 Å². The summed E-state index contributed by atoms with van der Waals surface area (Å²) in [5, 5.41) is -0.479. The summed E-state index contributed by atoms with van der Waals surface area (Å²) in [5.41, 5.74) is 0.175. The van der Waals surface area contributed by atoms with E-state index >= 15 is 0 Å². The van der Waals surface area contributed by atoms with Gasteiger partial charge in [0.2, 0.25) is 10.0 Å². The van der Waals surface area contributed by atoms with Gasteiger partial charge in [-0.25, -0.2) is 12.7 Å². The zero-order valence-electron chi connectivity index (χ0n) is 10.5. The summed E-state index contributed by atoms with van der Waals surface area (Å²) >= 11 is 5.64. The van der Waals surface area contributed by atoms with Gasteiger partial charge < -0.3 is 0 Å². The zero-order chi connectivity index (χ0) is 12.6. The minimum Gasteiger partial charge on any atom is -0.212 e. The first kappa shape index (κ1) is 14.3. The molecule has 0 radical (unpaired) electrons. The molecule has 0 N–H and O–H groups in total. The summed E-state index contributed by atoms with van der Waals surface area (Å²) in [4.78, 5) is 0. The van der Waals surface area contributed by atoms with Crippen LogP contribution in [0.15, 0.2) is 0 Å². The van der Waals surface area contributed by atoms with Gasteiger partial charge in [-0.05, 0) is 24.7 Å². The highest BCUT2D eigenvalue weighted by molar-refractivity contribution is 7.89. The standard InChI is InChI=1S/C11H22ClNO2S/c1-9(7-12)16(14,15)13-6-5-10(8-13)11(2,3)4/h9-10H,5-8H2,1-4H3. The van der Waals surface area contributed by atoms with Crippen molar-refractivity contribution < 1.29 is 8.42 Å². The van der Waals surface area contributed by atoms with Gasteiger partial charge in [0.05, 0.1) is 5.25 Å². The second kappa shape index (κ2) is 4.83. The van der Waals surface area contributed by atoms with Gasteiger partial charge in [0.15, 0.2) is 0 Å². The monoisotopic (exact) mass is 267 g/mol. The van der Waals surface area contributed by atoms with E-state index in [1.807, 2.05) is 0 Å². The maximum Gasteiger partial charge on any atom is 0.217 e. The topological polar surface area (TPSA) is 37.4 Å². The average Bonchev–Trinajstić information content (AvgIpc) is 2.64. The molecule has 96 valence electrons. The Hall–Kier alpha value is 0.200. The Morgan fingerprint density at radius 3 is 2.38 bits per heavy atom. The van der Waals surface area contributed by atoms with Gasteiger partial charge >= 0.3 is 0 Å². The van der Waals surface area contributed by atoms with Crippen molar-refractivity contribution in [1.82, 2.24) is 4.31 Å². The van der Waals surface area contributed by atoms with Crippen molar-refractivity contribution in [2.45, 2.75) is 39.4 Å². The Balaban J connectivity index is 2.74. The van der Waals surface area contributed by atoms with Gasteiger partial charge in [0.25, 0.3) is 0 Å². The molecule has 0 amide bonds. The third kappa shape index (κ3) is 2.90. The number of sulfonamides is 1. The third-order valence-corrected chi connectivity index (χ3v) is 6.34. The van der Waals surface area contributed by atoms with Crippen LogP contribution in [0.3, 0.4) is 0 Å². The molecular weight excluding hydrogens is 246 g/mol. The van der Waals surface area contributed by atoms with Crippen LogP contribution in [-0.2, 0) is 10.0 Å². The van der Waals surface area contributed by atoms with E-state index in [0.29, 0.717) is 19.0 Å². The molecule has 1 fully saturated rings. The van der Waals surface area contributed by atoms with Gasteiger partial charge in [-0.15, -0.1) is 11.6 Å². The van der Waals surface area contributed by atoms with Crippen LogP contribution in [0, 0.1) is 11.3 Å². The van der Waals surface area contributed by atoms with Crippen molar-refractivity contribution in [3.8, 4) is 0 Å². The number of alkyl halides is 1. The first-order valence-electron chi connectivity index (χ1n) is 5.74. The summed E-state index contributed by atoms with van der Waals surface area (Å²) in [6.07, 6.45) is 0.956. The van der Waals surface area contributed by atoms with Crippen LogP contribution in [0.25, 0.3) is 0 Å². The van der Waals surface area contributed by atoms with Crippen LogP contribution < -0.4 is 0 Å². The van der Waals surface area contributed by atoms with Gasteiger partial charge in [-0.2, -0.15) is 0 Å². The van der Waals surface area contributed by atoms with Crippen molar-refractivity contribution in [1.29, 1.82) is 0 Å². The minimum atomic E-state index is -3.18. The second-order valence-electron chi connectivity index (χ2n) is 5.72. The van der Waals surface area contributed by atoms with Gasteiger partial charge in [-0.3, -0.25) is 0 Å². The molecule has 1 heterocycles. The minimum absolute atomic E-state index is 0.166. The fourth-order valence-corrected chi connectivity index (χ4v) is 3.89. The fourth-order valence-electron chi connectivity index (χ4n) is 2.00. The maximum absolute atomic E-state index is 12.1. The zero-order valence-corrected chi connectivity index (χ0v) is 12.1. The van der Waals surface area contributed by atoms with Crippen LogP contribution >= 0.6 is 11.6 Å². The predicted octanol–water partition coefficient (Wildman–Crippen LogP) is 2.31. The Bertz CT molecular complexity index is 334. The summed E-state index contributed by atoms with van der Waals surface area (Å²) in [6.45, 7) is 9.46. The molecule has 2 unspecified atom stereocenters. The van der Waals surface area contributed by atoms with E-state index in [2.05, 4.69) is 20.8 Å². The molecule has 0 saturated carbocycles. The van der Waals surface area contributed by atoms with Crippen LogP contribution in [0.4, 0.5) is 0 Å². The fraction of sp³-hybridized carbons (Fsp3) is 1.00. The molecule has 0 bridgehead atoms. The van der Waals surface area contributed by atoms with Crippen molar-refractivity contribution >= 4 is 21.6 Å². The molecule has 0 spiro atoms. The molecule has 3 nitrogen and oxygen atoms in total. The lowest BCUT2D eigenvalue weighted by Gasteiger charge is -2.27. The SMILES string of the molecule is CC(CCl)S(=O)(=O)N1CCC(C(C)(C)C)C1. The van der Waals surface area contributed by atoms with Crippen LogP contribution in [0.2, 0.25) is 0 Å². The number of halogens is 1. The van der Waals surface area contributed by atoms with Crippen molar-refractivity contribution in [2.75, 3.05) is 19.0 Å². The number of hydrogen-bond acceptors (Lipinski definition) is 2. The Labute approximate surface area is 104 Å². The Morgan fingerprint density at radius 2 is 2.00 bits per heavy atom. The molecule has 0 aliphatic carbocycles. The van der Waals surface area contributed by atoms with E-state index in [0.717, 1.165) is 6.42 Å². The molecule has 16 heavy (non-hydrogen) atoms. The maximum atomic E-state index is 12.1. The van der Waals surface area contributed by atoms with Gasteiger partial charge in [0, 0.05) is 19.0 Å². The van der Waals surface area contributed by atoms with Crippen LogP contribution in [-0.4, -0.2) is 36.9 Å². The highest BCUT2D eigenvalue weighted by Gasteiger charge is 2.38. The van der Waals surface area contributed by atoms with Crippen molar-refractivity contribution in [3.05, 3.63) is 0 Å². The van der Waals surface area contributed by atoms with Crippen LogP contribution in [0.1, 0.15) is 34.1 Å². The lowest BCUT2D eigenvalue weighted by atomic mass is 9.80. The Kier molecular flexibility index (Phi) is 4.30. The molecule has 2 atom stereocenters. The number of rotatable bonds is 3. The second-order valence-corrected chi connectivity index (χ2v) is 8.38. The van der Waals surface area contributed by atoms with Crippen molar-refractivity contribution in [3.63, 3.8) is 0 Å². The largest absolute Gasteiger partial charge is 0.217 e. The van der Waals surface area contributed by atoms with E-state index < -0.39 is 15.3 Å². The Morgan fingerprint density at radius 1 is 1.44 bits per heavy atom. The third-order valence-electron chi connectivity index (χ3n) is 3.46. The summed E-state index contributed by atoms with van der Waals surface area (Å²) in [6, 6.07) is 0. The van der Waals surface area contributed by atoms with E-state index in [4.69, 9.17) is 11.6 Å². The predicted molar refractivity (Wildman–Crippen MR) is 68.2 cm³/mol. The number of nitrogens with zero attached hydrogens (tertiary/aromatic N) is 1. The van der Waals surface area contributed by atoms with Crippen LogP contribution in [0.5, 0.6) is 0 Å². The van der Waals surface area contributed by atoms with Gasteiger partial charge in [-0.1, -0.05) is 20.8 Å². The molecule has 5 heteroatoms. The highest BCUT2D eigenvalue weighted by atomic mass is 35.5. The lowest BCUT2D eigenvalue weighted by molar-refractivity contribution is 0.251. The molecule has 1 saturated heterocycles. The summed E-state index contributed by atoms with van der Waals surface area (Å²) in [7, 11) is -3.18. The summed E-state index contributed by atoms with van der Waals surface area (Å²) < 4.78 is 25.8. The van der Waals surface area contributed by atoms with Crippen molar-refractivity contribution in [2.24, 2.45) is 11.3 Å². The quantitative estimate of drug-likeness (QED) is 0.736. The smallest absolute Gasteiger partial charge is 0.212 e. The normalized spacial score (nSPS) is 25.9. The average molecular weight is 268 g/mol. The van der Waals surface area contributed by atoms with E-state index in [1.54, 1.807) is 11.2 Å². The molecule has 1 aliphatic heterocycles. The molecule has 1 aliphatic rings. The molecule has 0 aromatic heterocycles. The molecule has 0 aromatic carbocycles. The highest BCUT2D eigenvalue weighted by Crippen LogP contribution is 2.35. The first-order valence-corrected chi connectivity index (χ1v) is 7.78. The summed E-state index contributed by atoms with van der Waals surface area (Å²) in [5.74, 6) is 0.615. The molecule has 0 aromatic rings. The number of hydrogen-bond donors (Lipinski definition) is 0.